The number of aryl methyl sites for hydroxylation is 1. The second-order valence-corrected chi connectivity index (χ2v) is 11.9. The number of nitrogens with zero attached hydrogens (tertiary/aromatic N) is 4. The minimum Gasteiger partial charge on any atom is -0.391 e. The first-order valence-electron chi connectivity index (χ1n) is 13.9. The molecular formula is C29H39ClN6O4S. The number of nitrogens with one attached hydrogen (secondary N) is 2. The van der Waals surface area contributed by atoms with Crippen molar-refractivity contribution in [2.75, 3.05) is 37.6 Å². The van der Waals surface area contributed by atoms with Crippen molar-refractivity contribution in [3.8, 4) is 10.4 Å². The van der Waals surface area contributed by atoms with Gasteiger partial charge in [0.15, 0.2) is 11.6 Å². The second-order valence-electron chi connectivity index (χ2n) is 11.1. The summed E-state index contributed by atoms with van der Waals surface area (Å²) in [7, 11) is 0. The van der Waals surface area contributed by atoms with Gasteiger partial charge >= 0.3 is 0 Å². The highest BCUT2D eigenvalue weighted by molar-refractivity contribution is 7.13. The number of carbonyl (C=O) groups is 2. The molecule has 0 spiro atoms. The van der Waals surface area contributed by atoms with E-state index in [4.69, 9.17) is 4.52 Å². The van der Waals surface area contributed by atoms with Crippen molar-refractivity contribution in [2.24, 2.45) is 5.92 Å². The zero-order valence-corrected chi connectivity index (χ0v) is 25.5. The number of carbonyl (C=O) groups excluding carboxylic acids is 2. The molecular weight excluding hydrogens is 564 g/mol. The van der Waals surface area contributed by atoms with Crippen molar-refractivity contribution in [3.05, 3.63) is 52.9 Å². The first kappa shape index (κ1) is 31.0. The number of aromatic nitrogens is 2. The molecule has 12 heteroatoms. The van der Waals surface area contributed by atoms with Gasteiger partial charge in [0.05, 0.1) is 28.2 Å². The molecule has 2 aliphatic rings. The quantitative estimate of drug-likeness (QED) is 0.358. The number of amides is 2. The largest absolute Gasteiger partial charge is 0.391 e. The standard InChI is InChI=1S/C29H38N6O4S.ClH/c1-17(2)26(24-14-25(33-39-24)34-11-9-30-10-12-34)29(38)35-15-22(36)13-23(35)28(37)32-18(3)20-5-7-21(8-6-20)27-19(4)31-16-40-27;/h5-8,14,16-18,22-23,26,30,36H,9-13,15H2,1-4H3,(H,32,37);1H/t18-,22+,23-,26?;/m0./s1. The number of aliphatic hydroxyl groups is 1. The van der Waals surface area contributed by atoms with Crippen molar-refractivity contribution in [2.45, 2.75) is 58.2 Å². The lowest BCUT2D eigenvalue weighted by Crippen LogP contribution is -2.48. The second kappa shape index (κ2) is 13.3. The molecule has 0 radical (unpaired) electrons. The first-order chi connectivity index (χ1) is 19.2. The summed E-state index contributed by atoms with van der Waals surface area (Å²) >= 11 is 1.60. The van der Waals surface area contributed by atoms with Crippen LogP contribution in [0.2, 0.25) is 0 Å². The fourth-order valence-electron chi connectivity index (χ4n) is 5.58. The van der Waals surface area contributed by atoms with Crippen LogP contribution in [0.5, 0.6) is 0 Å². The molecule has 2 saturated heterocycles. The van der Waals surface area contributed by atoms with E-state index in [1.165, 1.54) is 4.90 Å². The van der Waals surface area contributed by atoms with E-state index in [1.54, 1.807) is 11.3 Å². The predicted molar refractivity (Wildman–Crippen MR) is 161 cm³/mol. The molecule has 0 aliphatic carbocycles. The number of β-amino-alcohol motifs (C(OH)–C–C–N with tert-alkyl or cyclic N) is 1. The van der Waals surface area contributed by atoms with Crippen LogP contribution < -0.4 is 15.5 Å². The lowest BCUT2D eigenvalue weighted by molar-refractivity contribution is -0.141. The van der Waals surface area contributed by atoms with Gasteiger partial charge in [0, 0.05) is 45.2 Å². The molecule has 2 aliphatic heterocycles. The average molecular weight is 603 g/mol. The van der Waals surface area contributed by atoms with Gasteiger partial charge in [-0.25, -0.2) is 4.98 Å². The van der Waals surface area contributed by atoms with Gasteiger partial charge in [-0.3, -0.25) is 9.59 Å². The van der Waals surface area contributed by atoms with Crippen LogP contribution in [-0.2, 0) is 9.59 Å². The van der Waals surface area contributed by atoms with Gasteiger partial charge in [-0.1, -0.05) is 43.3 Å². The SMILES string of the molecule is Cc1ncsc1-c1ccc([C@H](C)NC(=O)[C@@H]2C[C@@H](O)CN2C(=O)C(c2cc(N3CCNCC3)no2)C(C)C)cc1.Cl. The van der Waals surface area contributed by atoms with Gasteiger partial charge in [0.2, 0.25) is 11.8 Å². The molecule has 2 amide bonds. The summed E-state index contributed by atoms with van der Waals surface area (Å²) in [6.45, 7) is 11.3. The number of benzene rings is 1. The Morgan fingerprint density at radius 1 is 1.17 bits per heavy atom. The normalized spacial score (nSPS) is 20.5. The van der Waals surface area contributed by atoms with Crippen LogP contribution in [0.1, 0.15) is 56.2 Å². The molecule has 0 saturated carbocycles. The maximum Gasteiger partial charge on any atom is 0.243 e. The molecule has 41 heavy (non-hydrogen) atoms. The van der Waals surface area contributed by atoms with E-state index in [0.29, 0.717) is 5.76 Å². The van der Waals surface area contributed by atoms with Gasteiger partial charge in [0.1, 0.15) is 12.0 Å². The van der Waals surface area contributed by atoms with Gasteiger partial charge in [-0.2, -0.15) is 0 Å². The highest BCUT2D eigenvalue weighted by atomic mass is 35.5. The molecule has 4 atom stereocenters. The lowest BCUT2D eigenvalue weighted by Gasteiger charge is -2.29. The van der Waals surface area contributed by atoms with Gasteiger partial charge in [-0.15, -0.1) is 23.7 Å². The zero-order chi connectivity index (χ0) is 28.4. The third-order valence-corrected chi connectivity index (χ3v) is 8.82. The molecule has 3 N–H and O–H groups in total. The highest BCUT2D eigenvalue weighted by Gasteiger charge is 2.43. The van der Waals surface area contributed by atoms with Crippen LogP contribution in [0.4, 0.5) is 5.82 Å². The predicted octanol–water partition coefficient (Wildman–Crippen LogP) is 3.52. The van der Waals surface area contributed by atoms with Crippen LogP contribution in [0.3, 0.4) is 0 Å². The maximum atomic E-state index is 13.9. The Morgan fingerprint density at radius 3 is 2.51 bits per heavy atom. The summed E-state index contributed by atoms with van der Waals surface area (Å²) in [6, 6.07) is 8.88. The third-order valence-electron chi connectivity index (χ3n) is 7.84. The first-order valence-corrected chi connectivity index (χ1v) is 14.8. The monoisotopic (exact) mass is 602 g/mol. The molecule has 222 valence electrons. The van der Waals surface area contributed by atoms with Gasteiger partial charge in [0.25, 0.3) is 0 Å². The molecule has 1 unspecified atom stereocenters. The summed E-state index contributed by atoms with van der Waals surface area (Å²) in [4.78, 5) is 36.4. The number of rotatable bonds is 8. The molecule has 1 aromatic carbocycles. The smallest absolute Gasteiger partial charge is 0.243 e. The van der Waals surface area contributed by atoms with E-state index in [2.05, 4.69) is 25.7 Å². The van der Waals surface area contributed by atoms with Crippen LogP contribution >= 0.6 is 23.7 Å². The van der Waals surface area contributed by atoms with Crippen molar-refractivity contribution < 1.29 is 19.2 Å². The van der Waals surface area contributed by atoms with E-state index in [-0.39, 0.29) is 49.1 Å². The number of hydrogen-bond donors (Lipinski definition) is 3. The molecule has 4 heterocycles. The highest BCUT2D eigenvalue weighted by Crippen LogP contribution is 2.33. The molecule has 5 rings (SSSR count). The average Bonchev–Trinajstić information content (AvgIpc) is 3.69. The van der Waals surface area contributed by atoms with E-state index in [1.807, 2.05) is 63.5 Å². The summed E-state index contributed by atoms with van der Waals surface area (Å²) < 4.78 is 5.68. The summed E-state index contributed by atoms with van der Waals surface area (Å²) in [5.41, 5.74) is 4.87. The molecule has 10 nitrogen and oxygen atoms in total. The molecule has 3 aromatic rings. The minimum atomic E-state index is -0.768. The fraction of sp³-hybridized carbons (Fsp3) is 0.517. The van der Waals surface area contributed by atoms with Gasteiger partial charge in [-0.05, 0) is 30.9 Å². The van der Waals surface area contributed by atoms with Gasteiger partial charge < -0.3 is 30.1 Å². The molecule has 2 aromatic heterocycles. The minimum absolute atomic E-state index is 0. The molecule has 2 fully saturated rings. The topological polar surface area (TPSA) is 124 Å². The van der Waals surface area contributed by atoms with Crippen molar-refractivity contribution in [1.82, 2.24) is 25.7 Å². The fourth-order valence-corrected chi connectivity index (χ4v) is 6.40. The summed E-state index contributed by atoms with van der Waals surface area (Å²) in [5, 5.41) is 21.1. The number of halogens is 1. The van der Waals surface area contributed by atoms with Crippen LogP contribution in [0.15, 0.2) is 40.4 Å². The lowest BCUT2D eigenvalue weighted by atomic mass is 9.91. The van der Waals surface area contributed by atoms with Crippen molar-refractivity contribution in [1.29, 1.82) is 0 Å². The van der Waals surface area contributed by atoms with E-state index in [0.717, 1.165) is 53.7 Å². The molecule has 0 bridgehead atoms. The Hall–Kier alpha value is -2.99. The van der Waals surface area contributed by atoms with Crippen LogP contribution in [0, 0.1) is 12.8 Å². The Labute approximate surface area is 250 Å². The Balaban J connectivity index is 0.00000387. The number of hydrogen-bond acceptors (Lipinski definition) is 9. The summed E-state index contributed by atoms with van der Waals surface area (Å²) in [5.74, 6) is 0.00472. The zero-order valence-electron chi connectivity index (χ0n) is 23.9. The number of aliphatic hydroxyl groups excluding tert-OH is 1. The van der Waals surface area contributed by atoms with Crippen molar-refractivity contribution >= 4 is 41.4 Å². The van der Waals surface area contributed by atoms with Crippen LogP contribution in [0.25, 0.3) is 10.4 Å². The van der Waals surface area contributed by atoms with Crippen molar-refractivity contribution in [3.63, 3.8) is 0 Å². The number of anilines is 1. The third kappa shape index (κ3) is 6.74. The van der Waals surface area contributed by atoms with E-state index >= 15 is 0 Å². The Bertz CT molecular complexity index is 1320. The summed E-state index contributed by atoms with van der Waals surface area (Å²) in [6.07, 6.45) is -0.572. The Kier molecular flexibility index (Phi) is 10.1. The number of piperazine rings is 1. The number of likely N-dealkylation sites (tertiary alicyclic amines) is 1. The van der Waals surface area contributed by atoms with E-state index in [9.17, 15) is 14.7 Å². The maximum absolute atomic E-state index is 13.9. The van der Waals surface area contributed by atoms with Crippen LogP contribution in [-0.4, -0.2) is 76.8 Å². The Morgan fingerprint density at radius 2 is 1.88 bits per heavy atom. The number of thiazole rings is 1. The van der Waals surface area contributed by atoms with E-state index < -0.39 is 18.1 Å².